The number of ether oxygens (including phenoxy) is 1. The molecular weight excluding hydrogens is 274 g/mol. The Morgan fingerprint density at radius 3 is 2.90 bits per heavy atom. The van der Waals surface area contributed by atoms with Gasteiger partial charge in [-0.3, -0.25) is 0 Å². The van der Waals surface area contributed by atoms with Gasteiger partial charge in [0.25, 0.3) is 0 Å². The van der Waals surface area contributed by atoms with Gasteiger partial charge < -0.3 is 10.1 Å². The normalized spacial score (nSPS) is 27.2. The molecule has 20 heavy (non-hydrogen) atoms. The maximum absolute atomic E-state index is 11.5. The lowest BCUT2D eigenvalue weighted by molar-refractivity contribution is 0.409. The predicted octanol–water partition coefficient (Wildman–Crippen LogP) is 1.97. The Morgan fingerprint density at radius 2 is 2.20 bits per heavy atom. The number of aryl methyl sites for hydroxylation is 1. The SMILES string of the molecule is COc1ccc2c(c1)CCCC2NC1C=CS(=O)(=O)C1. The third-order valence-electron chi connectivity index (χ3n) is 4.01. The molecule has 4 nitrogen and oxygen atoms in total. The monoisotopic (exact) mass is 293 g/mol. The molecule has 0 amide bonds. The molecule has 2 aliphatic rings. The lowest BCUT2D eigenvalue weighted by Crippen LogP contribution is -2.35. The van der Waals surface area contributed by atoms with Gasteiger partial charge in [-0.25, -0.2) is 8.42 Å². The van der Waals surface area contributed by atoms with E-state index >= 15 is 0 Å². The van der Waals surface area contributed by atoms with Crippen molar-refractivity contribution in [3.8, 4) is 5.75 Å². The van der Waals surface area contributed by atoms with Crippen LogP contribution in [-0.4, -0.2) is 27.3 Å². The van der Waals surface area contributed by atoms with Gasteiger partial charge in [0.1, 0.15) is 5.75 Å². The molecule has 0 radical (unpaired) electrons. The van der Waals surface area contributed by atoms with Gasteiger partial charge in [0, 0.05) is 17.5 Å². The number of nitrogens with one attached hydrogen (secondary N) is 1. The van der Waals surface area contributed by atoms with Crippen LogP contribution < -0.4 is 10.1 Å². The van der Waals surface area contributed by atoms with E-state index in [2.05, 4.69) is 17.4 Å². The van der Waals surface area contributed by atoms with Gasteiger partial charge in [0.05, 0.1) is 12.9 Å². The van der Waals surface area contributed by atoms with E-state index in [-0.39, 0.29) is 17.8 Å². The topological polar surface area (TPSA) is 55.4 Å². The van der Waals surface area contributed by atoms with Gasteiger partial charge in [-0.05, 0) is 42.5 Å². The van der Waals surface area contributed by atoms with Gasteiger partial charge in [0.2, 0.25) is 0 Å². The minimum Gasteiger partial charge on any atom is -0.497 e. The van der Waals surface area contributed by atoms with Crippen molar-refractivity contribution in [2.75, 3.05) is 12.9 Å². The van der Waals surface area contributed by atoms with Crippen molar-refractivity contribution in [2.45, 2.75) is 31.3 Å². The molecule has 1 aromatic rings. The first-order valence-corrected chi connectivity index (χ1v) is 8.63. The maximum Gasteiger partial charge on any atom is 0.173 e. The van der Waals surface area contributed by atoms with Gasteiger partial charge in [-0.1, -0.05) is 12.1 Å². The molecule has 5 heteroatoms. The third-order valence-corrected chi connectivity index (χ3v) is 5.41. The van der Waals surface area contributed by atoms with E-state index in [1.54, 1.807) is 13.2 Å². The largest absolute Gasteiger partial charge is 0.497 e. The molecule has 0 bridgehead atoms. The fourth-order valence-electron chi connectivity index (χ4n) is 3.03. The molecule has 1 aliphatic heterocycles. The second-order valence-corrected chi connectivity index (χ2v) is 7.37. The summed E-state index contributed by atoms with van der Waals surface area (Å²) in [7, 11) is -1.32. The number of hydrogen-bond donors (Lipinski definition) is 1. The highest BCUT2D eigenvalue weighted by Crippen LogP contribution is 2.32. The zero-order valence-corrected chi connectivity index (χ0v) is 12.3. The number of sulfone groups is 1. The highest BCUT2D eigenvalue weighted by atomic mass is 32.2. The van der Waals surface area contributed by atoms with Crippen LogP contribution in [0, 0.1) is 0 Å². The summed E-state index contributed by atoms with van der Waals surface area (Å²) in [5.74, 6) is 1.06. The summed E-state index contributed by atoms with van der Waals surface area (Å²) in [5.41, 5.74) is 2.58. The smallest absolute Gasteiger partial charge is 0.173 e. The van der Waals surface area contributed by atoms with E-state index in [4.69, 9.17) is 4.74 Å². The molecule has 0 aromatic heterocycles. The standard InChI is InChI=1S/C15H19NO3S/c1-19-13-5-6-14-11(9-13)3-2-4-15(14)16-12-7-8-20(17,18)10-12/h5-9,12,15-16H,2-4,10H2,1H3. The van der Waals surface area contributed by atoms with E-state index in [0.29, 0.717) is 0 Å². The molecule has 2 atom stereocenters. The van der Waals surface area contributed by atoms with Gasteiger partial charge in [-0.15, -0.1) is 0 Å². The fraction of sp³-hybridized carbons (Fsp3) is 0.467. The molecule has 0 fully saturated rings. The van der Waals surface area contributed by atoms with E-state index in [1.807, 2.05) is 6.07 Å². The number of rotatable bonds is 3. The second-order valence-electron chi connectivity index (χ2n) is 5.44. The van der Waals surface area contributed by atoms with Crippen LogP contribution in [0.3, 0.4) is 0 Å². The van der Waals surface area contributed by atoms with Crippen LogP contribution in [0.5, 0.6) is 5.75 Å². The Labute approximate surface area is 119 Å². The minimum absolute atomic E-state index is 0.0712. The summed E-state index contributed by atoms with van der Waals surface area (Å²) >= 11 is 0. The van der Waals surface area contributed by atoms with Crippen molar-refractivity contribution in [1.29, 1.82) is 0 Å². The summed E-state index contributed by atoms with van der Waals surface area (Å²) in [6.07, 6.45) is 4.97. The van der Waals surface area contributed by atoms with Crippen LogP contribution >= 0.6 is 0 Å². The molecule has 0 saturated carbocycles. The summed E-state index contributed by atoms with van der Waals surface area (Å²) < 4.78 is 28.2. The summed E-state index contributed by atoms with van der Waals surface area (Å²) in [6, 6.07) is 6.31. The van der Waals surface area contributed by atoms with Crippen molar-refractivity contribution < 1.29 is 13.2 Å². The first-order valence-electron chi connectivity index (χ1n) is 6.91. The average molecular weight is 293 g/mol. The van der Waals surface area contributed by atoms with Crippen molar-refractivity contribution in [1.82, 2.24) is 5.32 Å². The molecule has 0 spiro atoms. The molecule has 2 unspecified atom stereocenters. The maximum atomic E-state index is 11.5. The van der Waals surface area contributed by atoms with Gasteiger partial charge in [-0.2, -0.15) is 0 Å². The van der Waals surface area contributed by atoms with E-state index in [9.17, 15) is 8.42 Å². The highest BCUT2D eigenvalue weighted by molar-refractivity contribution is 7.94. The number of fused-ring (bicyclic) bond motifs is 1. The molecule has 3 rings (SSSR count). The lowest BCUT2D eigenvalue weighted by atomic mass is 9.87. The van der Waals surface area contributed by atoms with Crippen LogP contribution in [0.4, 0.5) is 0 Å². The highest BCUT2D eigenvalue weighted by Gasteiger charge is 2.27. The molecule has 1 heterocycles. The van der Waals surface area contributed by atoms with Crippen molar-refractivity contribution in [3.63, 3.8) is 0 Å². The average Bonchev–Trinajstić information content (AvgIpc) is 2.77. The van der Waals surface area contributed by atoms with Crippen LogP contribution in [0.1, 0.15) is 30.0 Å². The van der Waals surface area contributed by atoms with Crippen LogP contribution in [0.2, 0.25) is 0 Å². The van der Waals surface area contributed by atoms with Gasteiger partial charge >= 0.3 is 0 Å². The fourth-order valence-corrected chi connectivity index (χ4v) is 4.28. The van der Waals surface area contributed by atoms with Crippen molar-refractivity contribution in [2.24, 2.45) is 0 Å². The predicted molar refractivity (Wildman–Crippen MR) is 78.5 cm³/mol. The Bertz CT molecular complexity index is 637. The Kier molecular flexibility index (Phi) is 3.56. The van der Waals surface area contributed by atoms with E-state index < -0.39 is 9.84 Å². The minimum atomic E-state index is -3.00. The first-order chi connectivity index (χ1) is 9.57. The summed E-state index contributed by atoms with van der Waals surface area (Å²) in [6.45, 7) is 0. The second kappa shape index (κ2) is 5.22. The number of methoxy groups -OCH3 is 1. The van der Waals surface area contributed by atoms with E-state index in [0.717, 1.165) is 25.0 Å². The quantitative estimate of drug-likeness (QED) is 0.926. The lowest BCUT2D eigenvalue weighted by Gasteiger charge is -2.28. The molecule has 108 valence electrons. The first kappa shape index (κ1) is 13.6. The summed E-state index contributed by atoms with van der Waals surface area (Å²) in [5, 5.41) is 4.78. The molecular formula is C15H19NO3S. The number of benzene rings is 1. The van der Waals surface area contributed by atoms with Crippen LogP contribution in [-0.2, 0) is 16.3 Å². The molecule has 1 N–H and O–H groups in total. The van der Waals surface area contributed by atoms with Crippen LogP contribution in [0.25, 0.3) is 0 Å². The number of hydrogen-bond acceptors (Lipinski definition) is 4. The van der Waals surface area contributed by atoms with Crippen LogP contribution in [0.15, 0.2) is 29.7 Å². The molecule has 1 aromatic carbocycles. The van der Waals surface area contributed by atoms with Crippen molar-refractivity contribution >= 4 is 9.84 Å². The third kappa shape index (κ3) is 2.74. The Morgan fingerprint density at radius 1 is 1.35 bits per heavy atom. The van der Waals surface area contributed by atoms with Gasteiger partial charge in [0.15, 0.2) is 9.84 Å². The zero-order valence-electron chi connectivity index (χ0n) is 11.5. The summed E-state index contributed by atoms with van der Waals surface area (Å²) in [4.78, 5) is 0. The van der Waals surface area contributed by atoms with E-state index in [1.165, 1.54) is 16.5 Å². The Hall–Kier alpha value is -1.33. The Balaban J connectivity index is 1.79. The van der Waals surface area contributed by atoms with Crippen molar-refractivity contribution in [3.05, 3.63) is 40.8 Å². The molecule has 0 saturated heterocycles. The molecule has 1 aliphatic carbocycles. The zero-order chi connectivity index (χ0) is 14.2.